The van der Waals surface area contributed by atoms with Gasteiger partial charge in [-0.05, 0) is 61.2 Å². The zero-order chi connectivity index (χ0) is 21.8. The normalized spacial score (nSPS) is 10.6. The molecular weight excluding hydrogens is 459 g/mol. The number of benzene rings is 3. The molecule has 4 aromatic rings. The van der Waals surface area contributed by atoms with Crippen LogP contribution in [-0.4, -0.2) is 28.4 Å². The first kappa shape index (κ1) is 23.1. The van der Waals surface area contributed by atoms with E-state index in [4.69, 9.17) is 4.74 Å². The number of carbonyl (C=O) groups is 1. The van der Waals surface area contributed by atoms with Gasteiger partial charge >= 0.3 is 6.55 Å². The van der Waals surface area contributed by atoms with Gasteiger partial charge in [-0.2, -0.15) is 8.78 Å². The first-order chi connectivity index (χ1) is 15.1. The molecule has 0 spiro atoms. The zero-order valence-electron chi connectivity index (χ0n) is 16.5. The predicted molar refractivity (Wildman–Crippen MR) is 112 cm³/mol. The quantitative estimate of drug-likeness (QED) is 0.307. The number of amides is 1. The van der Waals surface area contributed by atoms with Gasteiger partial charge in [0, 0.05) is 33.9 Å². The molecule has 0 aliphatic heterocycles. The number of halogens is 2. The number of aromatic nitrogens is 2. The van der Waals surface area contributed by atoms with E-state index in [1.165, 1.54) is 6.07 Å². The molecule has 6 nitrogen and oxygen atoms in total. The number of fused-ring (bicyclic) bond motifs is 1. The minimum Gasteiger partial charge on any atom is -0.539 e. The molecular formula is C23H16F2MnN3O3-. The summed E-state index contributed by atoms with van der Waals surface area (Å²) >= 11 is 0. The Hall–Kier alpha value is -3.55. The fourth-order valence-corrected chi connectivity index (χ4v) is 3.19. The van der Waals surface area contributed by atoms with E-state index < -0.39 is 6.55 Å². The molecule has 0 aliphatic rings. The molecule has 4 rings (SSSR count). The van der Waals surface area contributed by atoms with Crippen LogP contribution in [0.5, 0.6) is 5.75 Å². The molecule has 0 atom stereocenters. The van der Waals surface area contributed by atoms with E-state index in [0.717, 1.165) is 4.57 Å². The van der Waals surface area contributed by atoms with Crippen molar-refractivity contribution in [3.05, 3.63) is 78.4 Å². The monoisotopic (exact) mass is 475 g/mol. The Morgan fingerprint density at radius 3 is 2.53 bits per heavy atom. The van der Waals surface area contributed by atoms with Gasteiger partial charge in [0.1, 0.15) is 11.6 Å². The first-order valence-corrected chi connectivity index (χ1v) is 9.31. The number of rotatable bonds is 7. The summed E-state index contributed by atoms with van der Waals surface area (Å²) in [6, 6.07) is 19.5. The van der Waals surface area contributed by atoms with Crippen LogP contribution >= 0.6 is 0 Å². The van der Waals surface area contributed by atoms with Crippen molar-refractivity contribution < 1.29 is 40.2 Å². The second-order valence-electron chi connectivity index (χ2n) is 6.56. The molecule has 0 saturated carbocycles. The third kappa shape index (κ3) is 4.85. The van der Waals surface area contributed by atoms with Gasteiger partial charge in [0.25, 0.3) is 5.91 Å². The van der Waals surface area contributed by atoms with Crippen molar-refractivity contribution in [3.8, 4) is 17.1 Å². The summed E-state index contributed by atoms with van der Waals surface area (Å²) in [5, 5.41) is 2.74. The second-order valence-corrected chi connectivity index (χ2v) is 6.56. The van der Waals surface area contributed by atoms with E-state index in [0.29, 0.717) is 33.6 Å². The molecule has 1 N–H and O–H groups in total. The maximum Gasteiger partial charge on any atom is 0.320 e. The van der Waals surface area contributed by atoms with E-state index in [1.54, 1.807) is 73.0 Å². The van der Waals surface area contributed by atoms with E-state index in [2.05, 4.69) is 10.3 Å². The summed E-state index contributed by atoms with van der Waals surface area (Å²) in [5.41, 5.74) is 2.15. The van der Waals surface area contributed by atoms with E-state index in [-0.39, 0.29) is 35.4 Å². The van der Waals surface area contributed by atoms with Crippen molar-refractivity contribution in [2.45, 2.75) is 6.55 Å². The molecule has 0 aliphatic carbocycles. The number of nitrogens with zero attached hydrogens (tertiary/aromatic N) is 2. The predicted octanol–water partition coefficient (Wildman–Crippen LogP) is 4.84. The molecule has 3 aromatic carbocycles. The summed E-state index contributed by atoms with van der Waals surface area (Å²) in [5.74, 6) is 0.135. The molecule has 32 heavy (non-hydrogen) atoms. The zero-order valence-corrected chi connectivity index (χ0v) is 17.6. The molecule has 163 valence electrons. The molecule has 0 bridgehead atoms. The number of nitrogens with one attached hydrogen (secondary N) is 1. The first-order valence-electron chi connectivity index (χ1n) is 9.31. The number of alkyl halides is 2. The van der Waals surface area contributed by atoms with Crippen LogP contribution in [0.2, 0.25) is 0 Å². The number of para-hydroxylation sites is 2. The standard InChI is InChI=1S/C23H16F2N3O3.Mn/c24-23(25)28-20-7-2-1-6-19(20)27-21(28)15-8-10-17(11-9-15)26-22(30)16-4-3-5-18(14-16)31-13-12-29;/h1-11,14,23H,13H2,(H,26,30);/q-1;. The SMILES string of the molecule is O=[C-]COc1cccc(C(=O)Nc2ccc(-c3nc4ccccc4n3C(F)F)cc2)c1.[Mn]. The largest absolute Gasteiger partial charge is 0.539 e. The van der Waals surface area contributed by atoms with Gasteiger partial charge in [0.15, 0.2) is 0 Å². The molecule has 1 aromatic heterocycles. The maximum atomic E-state index is 13.7. The van der Waals surface area contributed by atoms with Crippen molar-refractivity contribution in [1.82, 2.24) is 9.55 Å². The molecule has 0 unspecified atom stereocenters. The van der Waals surface area contributed by atoms with Crippen molar-refractivity contribution in [3.63, 3.8) is 0 Å². The van der Waals surface area contributed by atoms with Crippen LogP contribution in [0, 0.1) is 0 Å². The third-order valence-electron chi connectivity index (χ3n) is 4.59. The molecule has 9 heteroatoms. The van der Waals surface area contributed by atoms with Crippen molar-refractivity contribution in [1.29, 1.82) is 0 Å². The Kier molecular flexibility index (Phi) is 7.35. The minimum atomic E-state index is -2.74. The Bertz CT molecular complexity index is 1240. The molecule has 1 heterocycles. The Labute approximate surface area is 192 Å². The second kappa shape index (κ2) is 10.2. The third-order valence-corrected chi connectivity index (χ3v) is 4.59. The number of carbonyl (C=O) groups excluding carboxylic acids is 2. The smallest absolute Gasteiger partial charge is 0.320 e. The van der Waals surface area contributed by atoms with Gasteiger partial charge < -0.3 is 14.8 Å². The minimum absolute atomic E-state index is 0. The summed E-state index contributed by atoms with van der Waals surface area (Å²) in [7, 11) is 0. The summed E-state index contributed by atoms with van der Waals surface area (Å²) < 4.78 is 33.3. The van der Waals surface area contributed by atoms with Crippen LogP contribution in [0.4, 0.5) is 14.5 Å². The van der Waals surface area contributed by atoms with Crippen molar-refractivity contribution in [2.24, 2.45) is 0 Å². The van der Waals surface area contributed by atoms with Gasteiger partial charge in [0.05, 0.1) is 11.0 Å². The fraction of sp³-hybridized carbons (Fsp3) is 0.0870. The van der Waals surface area contributed by atoms with Crippen LogP contribution in [0.15, 0.2) is 72.8 Å². The number of hydrogen-bond acceptors (Lipinski definition) is 4. The van der Waals surface area contributed by atoms with E-state index in [1.807, 2.05) is 0 Å². The summed E-state index contributed by atoms with van der Waals surface area (Å²) in [4.78, 5) is 27.1. The fourth-order valence-electron chi connectivity index (χ4n) is 3.19. The Morgan fingerprint density at radius 2 is 1.81 bits per heavy atom. The number of imidazole rings is 1. The summed E-state index contributed by atoms with van der Waals surface area (Å²) in [6.07, 6.45) is 1.62. The topological polar surface area (TPSA) is 73.2 Å². The van der Waals surface area contributed by atoms with Gasteiger partial charge in [0.2, 0.25) is 0 Å². The molecule has 1 radical (unpaired) electrons. The average Bonchev–Trinajstić information content (AvgIpc) is 3.18. The summed E-state index contributed by atoms with van der Waals surface area (Å²) in [6.45, 7) is -2.97. The Balaban J connectivity index is 0.00000289. The van der Waals surface area contributed by atoms with E-state index >= 15 is 0 Å². The van der Waals surface area contributed by atoms with Crippen LogP contribution < -0.4 is 10.1 Å². The maximum absolute atomic E-state index is 13.7. The van der Waals surface area contributed by atoms with Gasteiger partial charge in [-0.3, -0.25) is 9.36 Å². The van der Waals surface area contributed by atoms with Crippen molar-refractivity contribution >= 4 is 28.9 Å². The van der Waals surface area contributed by atoms with Crippen LogP contribution in [-0.2, 0) is 21.9 Å². The average molecular weight is 475 g/mol. The molecule has 1 amide bonds. The van der Waals surface area contributed by atoms with Crippen LogP contribution in [0.1, 0.15) is 16.9 Å². The number of anilines is 1. The van der Waals surface area contributed by atoms with Gasteiger partial charge in [-0.25, -0.2) is 11.3 Å². The van der Waals surface area contributed by atoms with Gasteiger partial charge in [-0.1, -0.05) is 18.2 Å². The Morgan fingerprint density at radius 1 is 1.06 bits per heavy atom. The van der Waals surface area contributed by atoms with Gasteiger partial charge in [-0.15, -0.1) is 0 Å². The van der Waals surface area contributed by atoms with Crippen LogP contribution in [0.25, 0.3) is 22.4 Å². The van der Waals surface area contributed by atoms with E-state index in [9.17, 15) is 18.4 Å². The van der Waals surface area contributed by atoms with Crippen LogP contribution in [0.3, 0.4) is 0 Å². The molecule has 0 fully saturated rings. The number of ether oxygens (including phenoxy) is 1. The van der Waals surface area contributed by atoms with Crippen molar-refractivity contribution in [2.75, 3.05) is 11.9 Å². The molecule has 0 saturated heterocycles. The number of hydrogen-bond donors (Lipinski definition) is 1.